The standard InChI is InChI=1S/C22H22INO4S2/c1-4-26-16-9-7-15(8-10-16)24-21(25)19(30-22(24)29)13-14-11-17(23)20(28-6-3)18(12-14)27-5-2/h7-13H,4-6H2,1-3H3/b19-13+. The molecule has 2 aromatic rings. The van der Waals surface area contributed by atoms with Gasteiger partial charge in [0.2, 0.25) is 0 Å². The van der Waals surface area contributed by atoms with E-state index >= 15 is 0 Å². The van der Waals surface area contributed by atoms with Gasteiger partial charge in [0.05, 0.1) is 34.0 Å². The number of benzene rings is 2. The van der Waals surface area contributed by atoms with Crippen molar-refractivity contribution in [1.29, 1.82) is 0 Å². The van der Waals surface area contributed by atoms with Crippen molar-refractivity contribution in [1.82, 2.24) is 0 Å². The van der Waals surface area contributed by atoms with Crippen molar-refractivity contribution < 1.29 is 19.0 Å². The molecule has 8 heteroatoms. The summed E-state index contributed by atoms with van der Waals surface area (Å²) >= 11 is 8.98. The summed E-state index contributed by atoms with van der Waals surface area (Å²) in [6.45, 7) is 7.46. The Morgan fingerprint density at radius 2 is 1.70 bits per heavy atom. The number of thiocarbonyl (C=S) groups is 1. The molecule has 158 valence electrons. The molecule has 1 fully saturated rings. The lowest BCUT2D eigenvalue weighted by Gasteiger charge is -2.15. The van der Waals surface area contributed by atoms with E-state index in [4.69, 9.17) is 26.4 Å². The Morgan fingerprint density at radius 1 is 1.03 bits per heavy atom. The fourth-order valence-electron chi connectivity index (χ4n) is 2.92. The Hall–Kier alpha value is -1.78. The molecule has 30 heavy (non-hydrogen) atoms. The summed E-state index contributed by atoms with van der Waals surface area (Å²) < 4.78 is 18.4. The molecule has 2 aromatic carbocycles. The molecule has 3 rings (SSSR count). The smallest absolute Gasteiger partial charge is 0.270 e. The number of carbonyl (C=O) groups excluding carboxylic acids is 1. The minimum atomic E-state index is -0.143. The first-order valence-electron chi connectivity index (χ1n) is 9.58. The zero-order valence-corrected chi connectivity index (χ0v) is 20.7. The molecule has 0 aromatic heterocycles. The largest absolute Gasteiger partial charge is 0.494 e. The van der Waals surface area contributed by atoms with Crippen molar-refractivity contribution in [3.05, 3.63) is 50.4 Å². The van der Waals surface area contributed by atoms with E-state index in [0.717, 1.165) is 26.3 Å². The van der Waals surface area contributed by atoms with Crippen LogP contribution in [0.15, 0.2) is 41.3 Å². The average Bonchev–Trinajstić information content (AvgIpc) is 2.99. The van der Waals surface area contributed by atoms with Gasteiger partial charge in [0.15, 0.2) is 15.8 Å². The quantitative estimate of drug-likeness (QED) is 0.230. The Labute approximate surface area is 199 Å². The third kappa shape index (κ3) is 5.09. The molecular weight excluding hydrogens is 533 g/mol. The number of hydrogen-bond donors (Lipinski definition) is 0. The van der Waals surface area contributed by atoms with Gasteiger partial charge in [0, 0.05) is 0 Å². The summed E-state index contributed by atoms with van der Waals surface area (Å²) in [5.41, 5.74) is 1.58. The first kappa shape index (κ1) is 22.9. The second kappa shape index (κ2) is 10.5. The van der Waals surface area contributed by atoms with Crippen LogP contribution < -0.4 is 19.1 Å². The predicted molar refractivity (Wildman–Crippen MR) is 135 cm³/mol. The van der Waals surface area contributed by atoms with Crippen LogP contribution in [0.3, 0.4) is 0 Å². The van der Waals surface area contributed by atoms with Crippen molar-refractivity contribution in [2.75, 3.05) is 24.7 Å². The highest BCUT2D eigenvalue weighted by Crippen LogP contribution is 2.39. The number of nitrogens with zero attached hydrogens (tertiary/aromatic N) is 1. The SMILES string of the molecule is CCOc1ccc(N2C(=O)/C(=C\c3cc(I)c(OCC)c(OCC)c3)SC2=S)cc1. The highest BCUT2D eigenvalue weighted by atomic mass is 127. The highest BCUT2D eigenvalue weighted by Gasteiger charge is 2.33. The number of rotatable bonds is 8. The second-order valence-corrected chi connectivity index (χ2v) is 8.98. The second-order valence-electron chi connectivity index (χ2n) is 6.14. The minimum absolute atomic E-state index is 0.143. The van der Waals surface area contributed by atoms with E-state index in [0.29, 0.717) is 34.8 Å². The van der Waals surface area contributed by atoms with Crippen LogP contribution in [0.25, 0.3) is 6.08 Å². The van der Waals surface area contributed by atoms with E-state index in [9.17, 15) is 4.79 Å². The Balaban J connectivity index is 1.89. The zero-order valence-electron chi connectivity index (χ0n) is 16.9. The van der Waals surface area contributed by atoms with Crippen LogP contribution in [0.5, 0.6) is 17.2 Å². The van der Waals surface area contributed by atoms with Crippen LogP contribution in [0.2, 0.25) is 0 Å². The lowest BCUT2D eigenvalue weighted by Crippen LogP contribution is -2.27. The van der Waals surface area contributed by atoms with Crippen molar-refractivity contribution in [3.8, 4) is 17.2 Å². The van der Waals surface area contributed by atoms with E-state index in [1.165, 1.54) is 11.8 Å². The molecule has 0 atom stereocenters. The van der Waals surface area contributed by atoms with Crippen molar-refractivity contribution in [2.45, 2.75) is 20.8 Å². The Bertz CT molecular complexity index is 976. The average molecular weight is 555 g/mol. The number of halogens is 1. The monoisotopic (exact) mass is 555 g/mol. The number of amides is 1. The van der Waals surface area contributed by atoms with Gasteiger partial charge in [0.25, 0.3) is 5.91 Å². The van der Waals surface area contributed by atoms with Gasteiger partial charge in [-0.25, -0.2) is 0 Å². The number of carbonyl (C=O) groups is 1. The first-order chi connectivity index (χ1) is 14.5. The van der Waals surface area contributed by atoms with Gasteiger partial charge in [-0.15, -0.1) is 0 Å². The fourth-order valence-corrected chi connectivity index (χ4v) is 5.00. The van der Waals surface area contributed by atoms with Crippen LogP contribution in [0, 0.1) is 3.57 Å². The third-order valence-electron chi connectivity index (χ3n) is 4.12. The summed E-state index contributed by atoms with van der Waals surface area (Å²) in [6, 6.07) is 11.2. The van der Waals surface area contributed by atoms with Crippen molar-refractivity contribution >= 4 is 68.6 Å². The lowest BCUT2D eigenvalue weighted by molar-refractivity contribution is -0.113. The number of hydrogen-bond acceptors (Lipinski definition) is 6. The molecule has 0 N–H and O–H groups in total. The number of ether oxygens (including phenoxy) is 3. The van der Waals surface area contributed by atoms with Gasteiger partial charge >= 0.3 is 0 Å². The predicted octanol–water partition coefficient (Wildman–Crippen LogP) is 5.89. The Kier molecular flexibility index (Phi) is 8.01. The molecule has 0 bridgehead atoms. The molecule has 1 aliphatic rings. The third-order valence-corrected chi connectivity index (χ3v) is 6.22. The van der Waals surface area contributed by atoms with Crippen LogP contribution >= 0.6 is 46.6 Å². The summed E-state index contributed by atoms with van der Waals surface area (Å²) in [6.07, 6.45) is 1.84. The molecule has 5 nitrogen and oxygen atoms in total. The van der Waals surface area contributed by atoms with Gasteiger partial charge in [0.1, 0.15) is 5.75 Å². The van der Waals surface area contributed by atoms with Gasteiger partial charge in [-0.1, -0.05) is 24.0 Å². The zero-order chi connectivity index (χ0) is 21.7. The van der Waals surface area contributed by atoms with Gasteiger partial charge in [-0.3, -0.25) is 9.69 Å². The first-order valence-corrected chi connectivity index (χ1v) is 11.9. The lowest BCUT2D eigenvalue weighted by atomic mass is 10.1. The molecule has 1 saturated heterocycles. The van der Waals surface area contributed by atoms with Gasteiger partial charge in [-0.05, 0) is 91.4 Å². The summed E-state index contributed by atoms with van der Waals surface area (Å²) in [7, 11) is 0. The number of anilines is 1. The number of thioether (sulfide) groups is 1. The van der Waals surface area contributed by atoms with Crippen LogP contribution in [0.4, 0.5) is 5.69 Å². The van der Waals surface area contributed by atoms with E-state index < -0.39 is 0 Å². The summed E-state index contributed by atoms with van der Waals surface area (Å²) in [5, 5.41) is 0. The maximum absolute atomic E-state index is 13.1. The molecule has 0 aliphatic carbocycles. The molecule has 0 spiro atoms. The summed E-state index contributed by atoms with van der Waals surface area (Å²) in [4.78, 5) is 15.2. The van der Waals surface area contributed by atoms with Crippen LogP contribution in [-0.4, -0.2) is 30.0 Å². The fraction of sp³-hybridized carbons (Fsp3) is 0.273. The van der Waals surface area contributed by atoms with Crippen LogP contribution in [0.1, 0.15) is 26.3 Å². The van der Waals surface area contributed by atoms with Gasteiger partial charge < -0.3 is 14.2 Å². The van der Waals surface area contributed by atoms with E-state index in [1.807, 2.05) is 63.2 Å². The topological polar surface area (TPSA) is 48.0 Å². The van der Waals surface area contributed by atoms with Crippen molar-refractivity contribution in [2.24, 2.45) is 0 Å². The molecule has 1 heterocycles. The Morgan fingerprint density at radius 3 is 2.33 bits per heavy atom. The van der Waals surface area contributed by atoms with Crippen molar-refractivity contribution in [3.63, 3.8) is 0 Å². The van der Waals surface area contributed by atoms with E-state index in [1.54, 1.807) is 4.90 Å². The molecule has 0 radical (unpaired) electrons. The molecule has 1 amide bonds. The van der Waals surface area contributed by atoms with Crippen LogP contribution in [-0.2, 0) is 4.79 Å². The highest BCUT2D eigenvalue weighted by molar-refractivity contribution is 14.1. The van der Waals surface area contributed by atoms with E-state index in [2.05, 4.69) is 22.6 Å². The maximum Gasteiger partial charge on any atom is 0.270 e. The maximum atomic E-state index is 13.1. The normalized spacial score (nSPS) is 15.1. The molecular formula is C22H22INO4S2. The molecule has 1 aliphatic heterocycles. The van der Waals surface area contributed by atoms with E-state index in [-0.39, 0.29) is 5.91 Å². The minimum Gasteiger partial charge on any atom is -0.494 e. The molecule has 0 unspecified atom stereocenters. The summed E-state index contributed by atoms with van der Waals surface area (Å²) in [5.74, 6) is 2.00. The van der Waals surface area contributed by atoms with Gasteiger partial charge in [-0.2, -0.15) is 0 Å². The molecule has 0 saturated carbocycles.